The van der Waals surface area contributed by atoms with Gasteiger partial charge in [-0.05, 0) is 50.0 Å². The van der Waals surface area contributed by atoms with E-state index in [1.54, 1.807) is 6.08 Å². The van der Waals surface area contributed by atoms with Crippen LogP contribution in [0.2, 0.25) is 0 Å². The fraction of sp³-hybridized carbons (Fsp3) is 0.667. The average molecular weight is 439 g/mol. The van der Waals surface area contributed by atoms with Crippen molar-refractivity contribution in [3.8, 4) is 0 Å². The van der Waals surface area contributed by atoms with Crippen LogP contribution in [0.5, 0.6) is 0 Å². The first-order chi connectivity index (χ1) is 14.0. The Bertz CT molecular complexity index is 701. The maximum absolute atomic E-state index is 12.5. The number of amides is 2. The van der Waals surface area contributed by atoms with Gasteiger partial charge in [0.15, 0.2) is 5.78 Å². The number of allylic oxidation sites excluding steroid dienone is 2. The van der Waals surface area contributed by atoms with Crippen molar-refractivity contribution < 1.29 is 19.5 Å². The van der Waals surface area contributed by atoms with Gasteiger partial charge >= 0.3 is 0 Å². The Hall–Kier alpha value is -1.41. The van der Waals surface area contributed by atoms with Gasteiger partial charge in [-0.1, -0.05) is 12.5 Å². The Labute approximate surface area is 180 Å². The fourth-order valence-electron chi connectivity index (χ4n) is 4.30. The summed E-state index contributed by atoms with van der Waals surface area (Å²) in [5.74, 6) is 2.26. The normalized spacial score (nSPS) is 29.6. The Kier molecular flexibility index (Phi) is 8.12. The lowest BCUT2D eigenvalue weighted by atomic mass is 9.92. The third-order valence-electron chi connectivity index (χ3n) is 5.80. The van der Waals surface area contributed by atoms with Crippen molar-refractivity contribution in [2.45, 2.75) is 56.1 Å². The van der Waals surface area contributed by atoms with Gasteiger partial charge in [-0.25, -0.2) is 0 Å². The molecule has 2 unspecified atom stereocenters. The molecule has 3 N–H and O–H groups in total. The molecule has 1 aliphatic carbocycles. The number of Topliss-reactive ketones (excluding diaryl/α,β-unsaturated/α-hetero) is 1. The molecule has 0 aromatic carbocycles. The van der Waals surface area contributed by atoms with E-state index >= 15 is 0 Å². The molecule has 3 aliphatic rings. The minimum absolute atomic E-state index is 0.120. The molecule has 160 valence electrons. The van der Waals surface area contributed by atoms with E-state index in [4.69, 9.17) is 0 Å². The van der Waals surface area contributed by atoms with Crippen LogP contribution in [0.15, 0.2) is 23.5 Å². The topological polar surface area (TPSA) is 95.5 Å². The molecule has 2 aliphatic heterocycles. The van der Waals surface area contributed by atoms with Gasteiger partial charge in [0, 0.05) is 25.0 Å². The third kappa shape index (κ3) is 6.04. The number of hydrogen-bond donors (Lipinski definition) is 3. The van der Waals surface area contributed by atoms with Crippen molar-refractivity contribution in [2.24, 2.45) is 11.8 Å². The maximum atomic E-state index is 12.5. The van der Waals surface area contributed by atoms with E-state index in [-0.39, 0.29) is 23.0 Å². The molecule has 8 heteroatoms. The Balaban J connectivity index is 1.57. The first kappa shape index (κ1) is 22.3. The molecule has 2 amide bonds. The number of carbonyl (C=O) groups excluding carboxylic acids is 3. The summed E-state index contributed by atoms with van der Waals surface area (Å²) >= 11 is 4.09. The zero-order valence-electron chi connectivity index (χ0n) is 16.8. The van der Waals surface area contributed by atoms with E-state index in [0.717, 1.165) is 6.42 Å². The molecule has 6 nitrogen and oxygen atoms in total. The second-order valence-corrected chi connectivity index (χ2v) is 10.8. The van der Waals surface area contributed by atoms with Crippen molar-refractivity contribution in [1.82, 2.24) is 10.6 Å². The Morgan fingerprint density at radius 2 is 2.03 bits per heavy atom. The van der Waals surface area contributed by atoms with Crippen molar-refractivity contribution >= 4 is 41.1 Å². The molecule has 0 aromatic rings. The summed E-state index contributed by atoms with van der Waals surface area (Å²) in [6.07, 6.45) is 9.26. The van der Waals surface area contributed by atoms with Crippen LogP contribution in [0.25, 0.3) is 0 Å². The number of hydrogen-bond acceptors (Lipinski definition) is 6. The van der Waals surface area contributed by atoms with Crippen molar-refractivity contribution in [3.05, 3.63) is 23.5 Å². The molecule has 0 radical (unpaired) electrons. The standard InChI is InChI=1S/C21H30N2O4S2/c1-13(24)22-9-3-6-16-20(26)19(21(27)23-16)17(25)8-7-14-4-2-5-15(14)12-18-28-10-11-29-18/h7-8,14-16,18,25H,2-6,9-12H2,1H3,(H,22,24)(H,23,27)/b8-7+,19-17-/t14?,15-,16?/m1/s1. The molecule has 29 heavy (non-hydrogen) atoms. The highest BCUT2D eigenvalue weighted by Crippen LogP contribution is 2.43. The van der Waals surface area contributed by atoms with Crippen LogP contribution >= 0.6 is 23.5 Å². The number of aliphatic hydroxyl groups is 1. The molecular weight excluding hydrogens is 408 g/mol. The van der Waals surface area contributed by atoms with E-state index in [9.17, 15) is 19.5 Å². The summed E-state index contributed by atoms with van der Waals surface area (Å²) in [6.45, 7) is 1.90. The SMILES string of the molecule is CC(=O)NCCCC1NC(=O)/C(=C(O)/C=C/C2CCC[C@@H]2CC2SCCS2)C1=O. The van der Waals surface area contributed by atoms with Gasteiger partial charge in [0.05, 0.1) is 10.6 Å². The van der Waals surface area contributed by atoms with Gasteiger partial charge in [0.1, 0.15) is 11.3 Å². The van der Waals surface area contributed by atoms with Crippen LogP contribution < -0.4 is 10.6 Å². The fourth-order valence-corrected chi connectivity index (χ4v) is 7.32. The summed E-state index contributed by atoms with van der Waals surface area (Å²) in [5.41, 5.74) is -0.137. The molecular formula is C21H30N2O4S2. The highest BCUT2D eigenvalue weighted by molar-refractivity contribution is 8.20. The largest absolute Gasteiger partial charge is 0.507 e. The summed E-state index contributed by atoms with van der Waals surface area (Å²) in [6, 6.07) is -0.627. The smallest absolute Gasteiger partial charge is 0.259 e. The van der Waals surface area contributed by atoms with Crippen molar-refractivity contribution in [3.63, 3.8) is 0 Å². The second kappa shape index (κ2) is 10.6. The van der Waals surface area contributed by atoms with E-state index in [1.807, 2.05) is 29.6 Å². The molecule has 3 fully saturated rings. The van der Waals surface area contributed by atoms with Crippen LogP contribution in [0, 0.1) is 11.8 Å². The van der Waals surface area contributed by atoms with Gasteiger partial charge in [-0.15, -0.1) is 23.5 Å². The lowest BCUT2D eigenvalue weighted by Crippen LogP contribution is -2.30. The number of nitrogens with one attached hydrogen (secondary N) is 2. The van der Waals surface area contributed by atoms with Crippen LogP contribution in [-0.2, 0) is 14.4 Å². The minimum atomic E-state index is -0.627. The van der Waals surface area contributed by atoms with Gasteiger partial charge in [-0.3, -0.25) is 14.4 Å². The van der Waals surface area contributed by atoms with Gasteiger partial charge in [0.25, 0.3) is 5.91 Å². The predicted octanol–water partition coefficient (Wildman–Crippen LogP) is 2.95. The van der Waals surface area contributed by atoms with E-state index < -0.39 is 11.9 Å². The number of carbonyl (C=O) groups is 3. The van der Waals surface area contributed by atoms with E-state index in [0.29, 0.717) is 35.8 Å². The number of rotatable bonds is 8. The van der Waals surface area contributed by atoms with Crippen molar-refractivity contribution in [2.75, 3.05) is 18.1 Å². The highest BCUT2D eigenvalue weighted by Gasteiger charge is 2.37. The number of aliphatic hydroxyl groups excluding tert-OH is 1. The van der Waals surface area contributed by atoms with Crippen LogP contribution in [0.1, 0.15) is 45.4 Å². The molecule has 2 heterocycles. The first-order valence-corrected chi connectivity index (χ1v) is 12.5. The molecule has 2 saturated heterocycles. The molecule has 0 bridgehead atoms. The maximum Gasteiger partial charge on any atom is 0.259 e. The van der Waals surface area contributed by atoms with Gasteiger partial charge in [0.2, 0.25) is 5.91 Å². The van der Waals surface area contributed by atoms with Crippen LogP contribution in [-0.4, -0.2) is 51.4 Å². The number of ketones is 1. The van der Waals surface area contributed by atoms with Gasteiger partial charge < -0.3 is 15.7 Å². The monoisotopic (exact) mass is 438 g/mol. The first-order valence-electron chi connectivity index (χ1n) is 10.4. The zero-order valence-corrected chi connectivity index (χ0v) is 18.4. The Morgan fingerprint density at radius 1 is 1.28 bits per heavy atom. The van der Waals surface area contributed by atoms with Crippen molar-refractivity contribution in [1.29, 1.82) is 0 Å². The lowest BCUT2D eigenvalue weighted by molar-refractivity contribution is -0.119. The average Bonchev–Trinajstić information content (AvgIpc) is 3.39. The molecule has 0 aromatic heterocycles. The zero-order chi connectivity index (χ0) is 20.8. The third-order valence-corrected chi connectivity index (χ3v) is 8.88. The lowest BCUT2D eigenvalue weighted by Gasteiger charge is -2.19. The van der Waals surface area contributed by atoms with Gasteiger partial charge in [-0.2, -0.15) is 0 Å². The van der Waals surface area contributed by atoms with Crippen LogP contribution in [0.4, 0.5) is 0 Å². The van der Waals surface area contributed by atoms with E-state index in [1.165, 1.54) is 37.7 Å². The molecule has 3 rings (SSSR count). The quantitative estimate of drug-likeness (QED) is 0.233. The predicted molar refractivity (Wildman–Crippen MR) is 118 cm³/mol. The molecule has 0 spiro atoms. The van der Waals surface area contributed by atoms with Crippen LogP contribution in [0.3, 0.4) is 0 Å². The minimum Gasteiger partial charge on any atom is -0.507 e. The van der Waals surface area contributed by atoms with E-state index in [2.05, 4.69) is 10.6 Å². The summed E-state index contributed by atoms with van der Waals surface area (Å²) < 4.78 is 0.682. The highest BCUT2D eigenvalue weighted by atomic mass is 32.2. The molecule has 1 saturated carbocycles. The number of thioether (sulfide) groups is 2. The summed E-state index contributed by atoms with van der Waals surface area (Å²) in [4.78, 5) is 35.7. The second-order valence-electron chi connectivity index (χ2n) is 7.90. The summed E-state index contributed by atoms with van der Waals surface area (Å²) in [5, 5.41) is 15.8. The summed E-state index contributed by atoms with van der Waals surface area (Å²) in [7, 11) is 0. The molecule has 3 atom stereocenters. The Morgan fingerprint density at radius 3 is 2.76 bits per heavy atom.